The summed E-state index contributed by atoms with van der Waals surface area (Å²) in [5.41, 5.74) is -1.01. The molecular weight excluding hydrogens is 255 g/mol. The highest BCUT2D eigenvalue weighted by molar-refractivity contribution is 5.79. The summed E-state index contributed by atoms with van der Waals surface area (Å²) >= 11 is 0. The molecule has 1 aromatic rings. The number of nitrogens with one attached hydrogen (secondary N) is 1. The summed E-state index contributed by atoms with van der Waals surface area (Å²) in [5, 5.41) is 7.03. The Hall–Kier alpha value is -1.59. The van der Waals surface area contributed by atoms with Crippen molar-refractivity contribution >= 4 is 12.0 Å². The van der Waals surface area contributed by atoms with E-state index in [2.05, 4.69) is 4.98 Å². The Kier molecular flexibility index (Phi) is 5.32. The van der Waals surface area contributed by atoms with Crippen LogP contribution in [0.1, 0.15) is 37.8 Å². The summed E-state index contributed by atoms with van der Waals surface area (Å²) in [7, 11) is 0. The number of rotatable bonds is 6. The lowest BCUT2D eigenvalue weighted by Gasteiger charge is -2.23. The van der Waals surface area contributed by atoms with Crippen LogP contribution < -0.4 is 4.90 Å². The topological polar surface area (TPSA) is 40.0 Å². The Morgan fingerprint density at radius 2 is 1.84 bits per heavy atom. The fraction of sp³-hybridized carbons (Fsp3) is 0.538. The van der Waals surface area contributed by atoms with Gasteiger partial charge in [-0.15, -0.1) is 0 Å². The van der Waals surface area contributed by atoms with Crippen LogP contribution in [0.4, 0.5) is 19.0 Å². The second-order valence-corrected chi connectivity index (χ2v) is 4.26. The summed E-state index contributed by atoms with van der Waals surface area (Å²) in [6.07, 6.45) is -0.980. The van der Waals surface area contributed by atoms with E-state index in [1.165, 1.54) is 0 Å². The SMILES string of the molecule is CCCN(CCC)c1cc(C(F)(F)F)c(C=N)cn1. The maximum atomic E-state index is 12.9. The van der Waals surface area contributed by atoms with E-state index in [-0.39, 0.29) is 5.56 Å². The molecule has 0 aromatic carbocycles. The number of hydrogen-bond donors (Lipinski definition) is 1. The molecule has 1 N–H and O–H groups in total. The van der Waals surface area contributed by atoms with Crippen LogP contribution in [-0.4, -0.2) is 24.3 Å². The monoisotopic (exact) mass is 273 g/mol. The molecule has 0 atom stereocenters. The van der Waals surface area contributed by atoms with Crippen LogP contribution in [0.25, 0.3) is 0 Å². The molecule has 0 aliphatic heterocycles. The first-order valence-corrected chi connectivity index (χ1v) is 6.26. The minimum Gasteiger partial charge on any atom is -0.357 e. The molecule has 0 radical (unpaired) electrons. The first-order chi connectivity index (χ1) is 8.93. The average molecular weight is 273 g/mol. The first-order valence-electron chi connectivity index (χ1n) is 6.26. The van der Waals surface area contributed by atoms with Gasteiger partial charge in [0.15, 0.2) is 0 Å². The largest absolute Gasteiger partial charge is 0.417 e. The molecule has 0 amide bonds. The summed E-state index contributed by atoms with van der Waals surface area (Å²) in [6.45, 7) is 5.28. The van der Waals surface area contributed by atoms with Gasteiger partial charge in [-0.3, -0.25) is 0 Å². The zero-order chi connectivity index (χ0) is 14.5. The average Bonchev–Trinajstić information content (AvgIpc) is 2.37. The van der Waals surface area contributed by atoms with Crippen molar-refractivity contribution in [2.45, 2.75) is 32.9 Å². The molecule has 19 heavy (non-hydrogen) atoms. The van der Waals surface area contributed by atoms with Gasteiger partial charge >= 0.3 is 6.18 Å². The molecule has 0 fully saturated rings. The molecule has 1 heterocycles. The quantitative estimate of drug-likeness (QED) is 0.802. The lowest BCUT2D eigenvalue weighted by molar-refractivity contribution is -0.137. The minimum atomic E-state index is -4.46. The molecule has 0 aliphatic carbocycles. The van der Waals surface area contributed by atoms with Gasteiger partial charge in [-0.25, -0.2) is 4.98 Å². The van der Waals surface area contributed by atoms with E-state index in [0.717, 1.165) is 25.1 Å². The van der Waals surface area contributed by atoms with E-state index >= 15 is 0 Å². The molecular formula is C13H18F3N3. The highest BCUT2D eigenvalue weighted by Crippen LogP contribution is 2.33. The lowest BCUT2D eigenvalue weighted by atomic mass is 10.1. The first kappa shape index (κ1) is 15.5. The van der Waals surface area contributed by atoms with Crippen molar-refractivity contribution in [1.82, 2.24) is 4.98 Å². The van der Waals surface area contributed by atoms with Gasteiger partial charge in [0.2, 0.25) is 0 Å². The molecule has 0 spiro atoms. The van der Waals surface area contributed by atoms with E-state index in [0.29, 0.717) is 25.1 Å². The Morgan fingerprint density at radius 1 is 1.26 bits per heavy atom. The molecule has 1 aromatic heterocycles. The van der Waals surface area contributed by atoms with Crippen molar-refractivity contribution in [2.75, 3.05) is 18.0 Å². The van der Waals surface area contributed by atoms with Crippen LogP contribution >= 0.6 is 0 Å². The summed E-state index contributed by atoms with van der Waals surface area (Å²) < 4.78 is 38.7. The second kappa shape index (κ2) is 6.54. The molecule has 0 unspecified atom stereocenters. The summed E-state index contributed by atoms with van der Waals surface area (Å²) in [4.78, 5) is 5.87. The summed E-state index contributed by atoms with van der Waals surface area (Å²) in [5.74, 6) is 0.321. The fourth-order valence-corrected chi connectivity index (χ4v) is 1.87. The number of halogens is 3. The van der Waals surface area contributed by atoms with Crippen molar-refractivity contribution in [3.63, 3.8) is 0 Å². The van der Waals surface area contributed by atoms with Crippen LogP contribution in [0.15, 0.2) is 12.3 Å². The minimum absolute atomic E-state index is 0.204. The van der Waals surface area contributed by atoms with E-state index in [9.17, 15) is 13.2 Å². The molecule has 6 heteroatoms. The van der Waals surface area contributed by atoms with Gasteiger partial charge in [-0.1, -0.05) is 13.8 Å². The van der Waals surface area contributed by atoms with Gasteiger partial charge in [0.1, 0.15) is 5.82 Å². The Labute approximate surface area is 111 Å². The number of aromatic nitrogens is 1. The summed E-state index contributed by atoms with van der Waals surface area (Å²) in [6, 6.07) is 1.03. The Morgan fingerprint density at radius 3 is 2.26 bits per heavy atom. The smallest absolute Gasteiger partial charge is 0.357 e. The van der Waals surface area contributed by atoms with E-state index in [1.54, 1.807) is 0 Å². The number of anilines is 1. The van der Waals surface area contributed by atoms with Crippen LogP contribution in [0.3, 0.4) is 0 Å². The lowest BCUT2D eigenvalue weighted by Crippen LogP contribution is -2.26. The van der Waals surface area contributed by atoms with Gasteiger partial charge < -0.3 is 10.3 Å². The molecule has 0 aliphatic rings. The van der Waals surface area contributed by atoms with Crippen molar-refractivity contribution in [1.29, 1.82) is 5.41 Å². The van der Waals surface area contributed by atoms with Gasteiger partial charge in [0, 0.05) is 31.1 Å². The zero-order valence-electron chi connectivity index (χ0n) is 11.1. The third kappa shape index (κ3) is 3.94. The predicted octanol–water partition coefficient (Wildman–Crippen LogP) is 3.72. The predicted molar refractivity (Wildman–Crippen MR) is 69.9 cm³/mol. The van der Waals surface area contributed by atoms with Gasteiger partial charge in [-0.05, 0) is 18.9 Å². The molecule has 0 saturated carbocycles. The second-order valence-electron chi connectivity index (χ2n) is 4.26. The van der Waals surface area contributed by atoms with Gasteiger partial charge in [-0.2, -0.15) is 13.2 Å². The molecule has 106 valence electrons. The van der Waals surface area contributed by atoms with Crippen molar-refractivity contribution in [3.8, 4) is 0 Å². The Balaban J connectivity index is 3.19. The fourth-order valence-electron chi connectivity index (χ4n) is 1.87. The molecule has 1 rings (SSSR count). The number of alkyl halides is 3. The van der Waals surface area contributed by atoms with Gasteiger partial charge in [0.25, 0.3) is 0 Å². The molecule has 0 saturated heterocycles. The third-order valence-corrected chi connectivity index (χ3v) is 2.69. The molecule has 3 nitrogen and oxygen atoms in total. The van der Waals surface area contributed by atoms with E-state index < -0.39 is 11.7 Å². The van der Waals surface area contributed by atoms with Crippen molar-refractivity contribution in [3.05, 3.63) is 23.4 Å². The Bertz CT molecular complexity index is 424. The molecule has 0 bridgehead atoms. The van der Waals surface area contributed by atoms with Gasteiger partial charge in [0.05, 0.1) is 5.56 Å². The highest BCUT2D eigenvalue weighted by atomic mass is 19.4. The van der Waals surface area contributed by atoms with Crippen LogP contribution in [0, 0.1) is 5.41 Å². The standard InChI is InChI=1S/C13H18F3N3/c1-3-5-19(6-4-2)12-7-11(13(14,15)16)10(8-17)9-18-12/h7-9,17H,3-6H2,1-2H3. The normalized spacial score (nSPS) is 11.4. The van der Waals surface area contributed by atoms with Crippen molar-refractivity contribution in [2.24, 2.45) is 0 Å². The number of pyridine rings is 1. The van der Waals surface area contributed by atoms with E-state index in [1.807, 2.05) is 18.7 Å². The van der Waals surface area contributed by atoms with Crippen molar-refractivity contribution < 1.29 is 13.2 Å². The maximum absolute atomic E-state index is 12.9. The zero-order valence-corrected chi connectivity index (χ0v) is 11.1. The van der Waals surface area contributed by atoms with E-state index in [4.69, 9.17) is 5.41 Å². The third-order valence-electron chi connectivity index (χ3n) is 2.69. The van der Waals surface area contributed by atoms with Crippen LogP contribution in [0.2, 0.25) is 0 Å². The number of nitrogens with zero attached hydrogens (tertiary/aromatic N) is 2. The van der Waals surface area contributed by atoms with Crippen LogP contribution in [-0.2, 0) is 6.18 Å². The maximum Gasteiger partial charge on any atom is 0.417 e. The van der Waals surface area contributed by atoms with Crippen LogP contribution in [0.5, 0.6) is 0 Å². The highest BCUT2D eigenvalue weighted by Gasteiger charge is 2.34. The number of hydrogen-bond acceptors (Lipinski definition) is 3.